The third-order valence-electron chi connectivity index (χ3n) is 4.44. The van der Waals surface area contributed by atoms with Crippen molar-refractivity contribution >= 4 is 22.6 Å². The van der Waals surface area contributed by atoms with E-state index in [0.717, 1.165) is 48.2 Å². The molecular formula is C16H21N3O2. The molecule has 0 bridgehead atoms. The van der Waals surface area contributed by atoms with E-state index in [4.69, 9.17) is 0 Å². The monoisotopic (exact) mass is 287 g/mol. The molecule has 1 aromatic heterocycles. The lowest BCUT2D eigenvalue weighted by Crippen LogP contribution is -2.28. The minimum absolute atomic E-state index is 0.00886. The van der Waals surface area contributed by atoms with Crippen LogP contribution in [0.4, 0.5) is 5.69 Å². The number of aryl methyl sites for hydroxylation is 2. The number of hydrogen-bond acceptors (Lipinski definition) is 3. The van der Waals surface area contributed by atoms with E-state index >= 15 is 0 Å². The molecule has 1 saturated carbocycles. The van der Waals surface area contributed by atoms with Crippen molar-refractivity contribution in [3.8, 4) is 0 Å². The highest BCUT2D eigenvalue weighted by Gasteiger charge is 2.25. The molecule has 0 atom stereocenters. The van der Waals surface area contributed by atoms with E-state index in [2.05, 4.69) is 10.3 Å². The SMILES string of the molecule is Cc1nc2cc(NC(=O)C3CCC(O)CC3)ccc2n1C. The third kappa shape index (κ3) is 2.78. The van der Waals surface area contributed by atoms with Crippen LogP contribution in [0.5, 0.6) is 0 Å². The summed E-state index contributed by atoms with van der Waals surface area (Å²) in [5, 5.41) is 12.5. The fourth-order valence-corrected chi connectivity index (χ4v) is 2.98. The molecule has 21 heavy (non-hydrogen) atoms. The summed E-state index contributed by atoms with van der Waals surface area (Å²) < 4.78 is 2.03. The molecule has 5 heteroatoms. The van der Waals surface area contributed by atoms with Gasteiger partial charge in [0.1, 0.15) is 5.82 Å². The second-order valence-electron chi connectivity index (χ2n) is 5.92. The zero-order valence-electron chi connectivity index (χ0n) is 12.5. The number of nitrogens with zero attached hydrogens (tertiary/aromatic N) is 2. The van der Waals surface area contributed by atoms with Gasteiger partial charge in [0.2, 0.25) is 5.91 Å². The van der Waals surface area contributed by atoms with Crippen molar-refractivity contribution in [1.82, 2.24) is 9.55 Å². The molecule has 5 nitrogen and oxygen atoms in total. The molecule has 1 aromatic carbocycles. The number of aliphatic hydroxyl groups excluding tert-OH is 1. The van der Waals surface area contributed by atoms with Gasteiger partial charge in [0.15, 0.2) is 0 Å². The van der Waals surface area contributed by atoms with Crippen molar-refractivity contribution in [2.45, 2.75) is 38.7 Å². The average molecular weight is 287 g/mol. The number of rotatable bonds is 2. The first kappa shape index (κ1) is 14.1. The number of imidazole rings is 1. The molecule has 0 saturated heterocycles. The van der Waals surface area contributed by atoms with Crippen LogP contribution in [0.15, 0.2) is 18.2 Å². The van der Waals surface area contributed by atoms with E-state index in [1.54, 1.807) is 0 Å². The molecule has 1 heterocycles. The number of carbonyl (C=O) groups excluding carboxylic acids is 1. The highest BCUT2D eigenvalue weighted by molar-refractivity contribution is 5.94. The molecule has 0 spiro atoms. The Kier molecular flexibility index (Phi) is 3.68. The van der Waals surface area contributed by atoms with Crippen LogP contribution in [0.2, 0.25) is 0 Å². The number of benzene rings is 1. The Morgan fingerprint density at radius 2 is 2.05 bits per heavy atom. The van der Waals surface area contributed by atoms with Gasteiger partial charge in [0, 0.05) is 18.7 Å². The third-order valence-corrected chi connectivity index (χ3v) is 4.44. The Bertz CT molecular complexity index is 669. The van der Waals surface area contributed by atoms with Crippen molar-refractivity contribution in [2.75, 3.05) is 5.32 Å². The summed E-state index contributed by atoms with van der Waals surface area (Å²) in [6, 6.07) is 5.81. The van der Waals surface area contributed by atoms with Gasteiger partial charge in [-0.15, -0.1) is 0 Å². The average Bonchev–Trinajstić information content (AvgIpc) is 2.74. The minimum atomic E-state index is -0.234. The Balaban J connectivity index is 1.74. The molecule has 1 fully saturated rings. The van der Waals surface area contributed by atoms with Crippen LogP contribution >= 0.6 is 0 Å². The first-order valence-corrected chi connectivity index (χ1v) is 7.46. The topological polar surface area (TPSA) is 67.2 Å². The van der Waals surface area contributed by atoms with E-state index in [9.17, 15) is 9.90 Å². The summed E-state index contributed by atoms with van der Waals surface area (Å²) >= 11 is 0. The summed E-state index contributed by atoms with van der Waals surface area (Å²) in [7, 11) is 1.98. The van der Waals surface area contributed by atoms with Gasteiger partial charge in [-0.1, -0.05) is 0 Å². The first-order valence-electron chi connectivity index (χ1n) is 7.46. The van der Waals surface area contributed by atoms with Gasteiger partial charge in [-0.2, -0.15) is 0 Å². The van der Waals surface area contributed by atoms with Gasteiger partial charge in [-0.25, -0.2) is 4.98 Å². The van der Waals surface area contributed by atoms with Gasteiger partial charge in [-0.3, -0.25) is 4.79 Å². The van der Waals surface area contributed by atoms with E-state index in [-0.39, 0.29) is 17.9 Å². The molecule has 2 N–H and O–H groups in total. The molecule has 0 unspecified atom stereocenters. The van der Waals surface area contributed by atoms with E-state index in [0.29, 0.717) is 0 Å². The number of anilines is 1. The maximum absolute atomic E-state index is 12.3. The van der Waals surface area contributed by atoms with Crippen LogP contribution < -0.4 is 5.32 Å². The Labute approximate surface area is 124 Å². The van der Waals surface area contributed by atoms with Crippen LogP contribution in [0.1, 0.15) is 31.5 Å². The van der Waals surface area contributed by atoms with Gasteiger partial charge >= 0.3 is 0 Å². The summed E-state index contributed by atoms with van der Waals surface area (Å²) in [4.78, 5) is 16.7. The second kappa shape index (κ2) is 5.48. The molecular weight excluding hydrogens is 266 g/mol. The summed E-state index contributed by atoms with van der Waals surface area (Å²) in [6.45, 7) is 1.96. The highest BCUT2D eigenvalue weighted by atomic mass is 16.3. The van der Waals surface area contributed by atoms with E-state index < -0.39 is 0 Å². The predicted octanol–water partition coefficient (Wildman–Crippen LogP) is 2.37. The minimum Gasteiger partial charge on any atom is -0.393 e. The molecule has 0 aliphatic heterocycles. The molecule has 2 aromatic rings. The lowest BCUT2D eigenvalue weighted by Gasteiger charge is -2.24. The molecule has 0 radical (unpaired) electrons. The van der Waals surface area contributed by atoms with Crippen molar-refractivity contribution in [2.24, 2.45) is 13.0 Å². The lowest BCUT2D eigenvalue weighted by atomic mass is 9.87. The normalized spacial score (nSPS) is 22.4. The number of amides is 1. The Morgan fingerprint density at radius 3 is 2.76 bits per heavy atom. The number of fused-ring (bicyclic) bond motifs is 1. The summed E-state index contributed by atoms with van der Waals surface area (Å²) in [5.41, 5.74) is 2.75. The number of aromatic nitrogens is 2. The van der Waals surface area contributed by atoms with Crippen molar-refractivity contribution in [3.05, 3.63) is 24.0 Å². The molecule has 1 aliphatic carbocycles. The molecule has 112 valence electrons. The fourth-order valence-electron chi connectivity index (χ4n) is 2.98. The van der Waals surface area contributed by atoms with Gasteiger partial charge in [0.25, 0.3) is 0 Å². The van der Waals surface area contributed by atoms with Gasteiger partial charge in [0.05, 0.1) is 17.1 Å². The lowest BCUT2D eigenvalue weighted by molar-refractivity contribution is -0.121. The second-order valence-corrected chi connectivity index (χ2v) is 5.92. The molecule has 1 amide bonds. The smallest absolute Gasteiger partial charge is 0.227 e. The van der Waals surface area contributed by atoms with Crippen LogP contribution in [0.3, 0.4) is 0 Å². The van der Waals surface area contributed by atoms with E-state index in [1.807, 2.05) is 36.7 Å². The van der Waals surface area contributed by atoms with Crippen LogP contribution in [-0.2, 0) is 11.8 Å². The zero-order chi connectivity index (χ0) is 15.0. The predicted molar refractivity (Wildman–Crippen MR) is 82.0 cm³/mol. The Morgan fingerprint density at radius 1 is 1.33 bits per heavy atom. The van der Waals surface area contributed by atoms with Gasteiger partial charge < -0.3 is 15.0 Å². The molecule has 1 aliphatic rings. The number of hydrogen-bond donors (Lipinski definition) is 2. The van der Waals surface area contributed by atoms with Crippen LogP contribution in [0.25, 0.3) is 11.0 Å². The fraction of sp³-hybridized carbons (Fsp3) is 0.500. The van der Waals surface area contributed by atoms with Crippen LogP contribution in [0, 0.1) is 12.8 Å². The highest BCUT2D eigenvalue weighted by Crippen LogP contribution is 2.26. The quantitative estimate of drug-likeness (QED) is 0.891. The standard InChI is InChI=1S/C16H21N3O2/c1-10-17-14-9-12(5-8-15(14)19(10)2)18-16(21)11-3-6-13(20)7-4-11/h5,8-9,11,13,20H,3-4,6-7H2,1-2H3,(H,18,21). The largest absolute Gasteiger partial charge is 0.393 e. The van der Waals surface area contributed by atoms with Gasteiger partial charge in [-0.05, 0) is 50.8 Å². The maximum atomic E-state index is 12.3. The summed E-state index contributed by atoms with van der Waals surface area (Å²) in [6.07, 6.45) is 2.73. The first-order chi connectivity index (χ1) is 10.0. The molecule has 3 rings (SSSR count). The van der Waals surface area contributed by atoms with Crippen molar-refractivity contribution in [1.29, 1.82) is 0 Å². The van der Waals surface area contributed by atoms with Crippen LogP contribution in [-0.4, -0.2) is 26.7 Å². The van der Waals surface area contributed by atoms with Crippen molar-refractivity contribution < 1.29 is 9.90 Å². The Hall–Kier alpha value is -1.88. The van der Waals surface area contributed by atoms with E-state index in [1.165, 1.54) is 0 Å². The zero-order valence-corrected chi connectivity index (χ0v) is 12.5. The number of aliphatic hydroxyl groups is 1. The van der Waals surface area contributed by atoms with Crippen molar-refractivity contribution in [3.63, 3.8) is 0 Å². The summed E-state index contributed by atoms with van der Waals surface area (Å²) in [5.74, 6) is 1.01. The maximum Gasteiger partial charge on any atom is 0.227 e. The number of nitrogens with one attached hydrogen (secondary N) is 1. The number of carbonyl (C=O) groups is 1.